The Labute approximate surface area is 168 Å². The van der Waals surface area contributed by atoms with Crippen LogP contribution in [0.15, 0.2) is 69.5 Å². The van der Waals surface area contributed by atoms with E-state index in [1.165, 1.54) is 21.9 Å². The number of thiophene rings is 1. The molecule has 0 saturated carbocycles. The van der Waals surface area contributed by atoms with Crippen molar-refractivity contribution < 1.29 is 17.6 Å². The summed E-state index contributed by atoms with van der Waals surface area (Å²) in [5, 5.41) is 1.93. The van der Waals surface area contributed by atoms with Gasteiger partial charge in [-0.05, 0) is 54.3 Å². The zero-order chi connectivity index (χ0) is 19.6. The predicted octanol–water partition coefficient (Wildman–Crippen LogP) is 3.86. The second-order valence-electron chi connectivity index (χ2n) is 6.57. The van der Waals surface area contributed by atoms with E-state index in [2.05, 4.69) is 0 Å². The van der Waals surface area contributed by atoms with Gasteiger partial charge in [0.15, 0.2) is 0 Å². The molecule has 6 nitrogen and oxygen atoms in total. The molecule has 0 bridgehead atoms. The molecule has 1 aliphatic rings. The first-order chi connectivity index (χ1) is 13.5. The summed E-state index contributed by atoms with van der Waals surface area (Å²) in [6, 6.07) is 13.9. The van der Waals surface area contributed by atoms with Gasteiger partial charge < -0.3 is 9.32 Å². The van der Waals surface area contributed by atoms with Crippen molar-refractivity contribution in [3.8, 4) is 0 Å². The standard InChI is InChI=1S/C20H20N2O4S2/c23-20-6-1-11-22(20)16-7-9-19(10-8-16)28(24,25)21(14-17-4-2-12-26-17)15-18-5-3-13-27-18/h2-5,7-10,12-13H,1,6,11,14-15H2. The summed E-state index contributed by atoms with van der Waals surface area (Å²) >= 11 is 1.51. The Hall–Kier alpha value is -2.42. The van der Waals surface area contributed by atoms with Gasteiger partial charge in [-0.25, -0.2) is 8.42 Å². The Morgan fingerprint density at radius 2 is 1.89 bits per heavy atom. The average molecular weight is 417 g/mol. The minimum Gasteiger partial charge on any atom is -0.468 e. The molecule has 1 aromatic carbocycles. The fourth-order valence-corrected chi connectivity index (χ4v) is 5.43. The maximum atomic E-state index is 13.3. The Kier molecular flexibility index (Phi) is 5.34. The first kappa shape index (κ1) is 18.9. The third-order valence-corrected chi connectivity index (χ3v) is 7.35. The first-order valence-corrected chi connectivity index (χ1v) is 11.3. The lowest BCUT2D eigenvalue weighted by molar-refractivity contribution is -0.117. The number of carbonyl (C=O) groups excluding carboxylic acids is 1. The van der Waals surface area contributed by atoms with Crippen molar-refractivity contribution in [3.63, 3.8) is 0 Å². The quantitative estimate of drug-likeness (QED) is 0.586. The highest BCUT2D eigenvalue weighted by atomic mass is 32.2. The molecule has 0 aliphatic carbocycles. The van der Waals surface area contributed by atoms with E-state index in [0.717, 1.165) is 17.0 Å². The summed E-state index contributed by atoms with van der Waals surface area (Å²) in [4.78, 5) is 14.8. The van der Waals surface area contributed by atoms with Gasteiger partial charge in [0.05, 0.1) is 17.7 Å². The molecule has 1 amide bonds. The van der Waals surface area contributed by atoms with Crippen LogP contribution in [0, 0.1) is 0 Å². The van der Waals surface area contributed by atoms with Crippen LogP contribution < -0.4 is 4.90 Å². The van der Waals surface area contributed by atoms with E-state index in [4.69, 9.17) is 4.42 Å². The van der Waals surface area contributed by atoms with Gasteiger partial charge in [-0.3, -0.25) is 4.79 Å². The summed E-state index contributed by atoms with van der Waals surface area (Å²) in [5.41, 5.74) is 0.734. The molecule has 28 heavy (non-hydrogen) atoms. The molecule has 2 aromatic heterocycles. The molecule has 1 fully saturated rings. The van der Waals surface area contributed by atoms with Crippen molar-refractivity contribution in [2.24, 2.45) is 0 Å². The Morgan fingerprint density at radius 1 is 1.07 bits per heavy atom. The zero-order valence-electron chi connectivity index (χ0n) is 15.2. The molecule has 0 N–H and O–H groups in total. The number of furan rings is 1. The van der Waals surface area contributed by atoms with Gasteiger partial charge in [-0.15, -0.1) is 11.3 Å². The van der Waals surface area contributed by atoms with Gasteiger partial charge in [0.2, 0.25) is 15.9 Å². The lowest BCUT2D eigenvalue weighted by Crippen LogP contribution is -2.30. The molecular formula is C20H20N2O4S2. The number of sulfonamides is 1. The van der Waals surface area contributed by atoms with Crippen LogP contribution in [-0.4, -0.2) is 25.2 Å². The van der Waals surface area contributed by atoms with E-state index in [1.54, 1.807) is 41.3 Å². The molecular weight excluding hydrogens is 396 g/mol. The van der Waals surface area contributed by atoms with Gasteiger partial charge >= 0.3 is 0 Å². The van der Waals surface area contributed by atoms with E-state index in [-0.39, 0.29) is 23.9 Å². The number of hydrogen-bond acceptors (Lipinski definition) is 5. The summed E-state index contributed by atoms with van der Waals surface area (Å²) in [7, 11) is -3.73. The fourth-order valence-electron chi connectivity index (χ4n) is 3.25. The third-order valence-electron chi connectivity index (χ3n) is 4.68. The molecule has 3 heterocycles. The summed E-state index contributed by atoms with van der Waals surface area (Å²) in [6.45, 7) is 1.10. The molecule has 8 heteroatoms. The van der Waals surface area contributed by atoms with Crippen molar-refractivity contribution in [2.75, 3.05) is 11.4 Å². The van der Waals surface area contributed by atoms with Crippen molar-refractivity contribution in [1.82, 2.24) is 4.31 Å². The predicted molar refractivity (Wildman–Crippen MR) is 107 cm³/mol. The summed E-state index contributed by atoms with van der Waals surface area (Å²) in [5.74, 6) is 0.659. The molecule has 146 valence electrons. The molecule has 1 saturated heterocycles. The third kappa shape index (κ3) is 3.89. The number of benzene rings is 1. The molecule has 0 unspecified atom stereocenters. The molecule has 0 spiro atoms. The highest BCUT2D eigenvalue weighted by Gasteiger charge is 2.27. The minimum absolute atomic E-state index is 0.0766. The fraction of sp³-hybridized carbons (Fsp3) is 0.250. The average Bonchev–Trinajstić information content (AvgIpc) is 3.44. The van der Waals surface area contributed by atoms with Gasteiger partial charge in [0.1, 0.15) is 5.76 Å². The van der Waals surface area contributed by atoms with Crippen LogP contribution in [0.25, 0.3) is 0 Å². The minimum atomic E-state index is -3.73. The number of nitrogens with zero attached hydrogens (tertiary/aromatic N) is 2. The Bertz CT molecular complexity index is 990. The monoisotopic (exact) mass is 416 g/mol. The Balaban J connectivity index is 1.61. The number of rotatable bonds is 7. The largest absolute Gasteiger partial charge is 0.468 e. The molecule has 4 rings (SSSR count). The normalized spacial score (nSPS) is 14.9. The zero-order valence-corrected chi connectivity index (χ0v) is 16.8. The van der Waals surface area contributed by atoms with Crippen LogP contribution >= 0.6 is 11.3 Å². The lowest BCUT2D eigenvalue weighted by atomic mass is 10.3. The highest BCUT2D eigenvalue weighted by Crippen LogP contribution is 2.26. The molecule has 0 atom stereocenters. The van der Waals surface area contributed by atoms with Crippen molar-refractivity contribution >= 4 is 33.0 Å². The van der Waals surface area contributed by atoms with Gasteiger partial charge in [0.25, 0.3) is 0 Å². The Morgan fingerprint density at radius 3 is 2.50 bits per heavy atom. The first-order valence-electron chi connectivity index (χ1n) is 8.99. The van der Waals surface area contributed by atoms with Crippen LogP contribution in [0.3, 0.4) is 0 Å². The number of hydrogen-bond donors (Lipinski definition) is 0. The number of anilines is 1. The number of carbonyl (C=O) groups is 1. The SMILES string of the molecule is O=C1CCCN1c1ccc(S(=O)(=O)N(Cc2ccco2)Cc2cccs2)cc1. The van der Waals surface area contributed by atoms with Crippen molar-refractivity contribution in [2.45, 2.75) is 30.8 Å². The van der Waals surface area contributed by atoms with E-state index < -0.39 is 10.0 Å². The van der Waals surface area contributed by atoms with Gasteiger partial charge in [-0.1, -0.05) is 6.07 Å². The van der Waals surface area contributed by atoms with Gasteiger partial charge in [-0.2, -0.15) is 4.31 Å². The van der Waals surface area contributed by atoms with Crippen LogP contribution in [0.1, 0.15) is 23.5 Å². The van der Waals surface area contributed by atoms with Crippen LogP contribution in [0.4, 0.5) is 5.69 Å². The van der Waals surface area contributed by atoms with Gasteiger partial charge in [0, 0.05) is 30.1 Å². The highest BCUT2D eigenvalue weighted by molar-refractivity contribution is 7.89. The van der Waals surface area contributed by atoms with Crippen LogP contribution in [-0.2, 0) is 27.9 Å². The van der Waals surface area contributed by atoms with Crippen LogP contribution in [0.5, 0.6) is 0 Å². The van der Waals surface area contributed by atoms with Crippen molar-refractivity contribution in [3.05, 3.63) is 70.8 Å². The molecule has 1 aliphatic heterocycles. The molecule has 3 aromatic rings. The maximum absolute atomic E-state index is 13.3. The summed E-state index contributed by atoms with van der Waals surface area (Å²) in [6.07, 6.45) is 2.90. The molecule has 0 radical (unpaired) electrons. The maximum Gasteiger partial charge on any atom is 0.243 e. The number of amides is 1. The lowest BCUT2D eigenvalue weighted by Gasteiger charge is -2.21. The second kappa shape index (κ2) is 7.90. The smallest absolute Gasteiger partial charge is 0.243 e. The van der Waals surface area contributed by atoms with Crippen LogP contribution in [0.2, 0.25) is 0 Å². The van der Waals surface area contributed by atoms with E-state index in [0.29, 0.717) is 18.7 Å². The van der Waals surface area contributed by atoms with E-state index in [9.17, 15) is 13.2 Å². The van der Waals surface area contributed by atoms with E-state index in [1.807, 2.05) is 17.5 Å². The van der Waals surface area contributed by atoms with E-state index >= 15 is 0 Å². The second-order valence-corrected chi connectivity index (χ2v) is 9.54. The topological polar surface area (TPSA) is 70.8 Å². The van der Waals surface area contributed by atoms with Crippen molar-refractivity contribution in [1.29, 1.82) is 0 Å². The summed E-state index contributed by atoms with van der Waals surface area (Å²) < 4.78 is 33.4.